The van der Waals surface area contributed by atoms with Gasteiger partial charge in [-0.2, -0.15) is 13.2 Å². The Morgan fingerprint density at radius 2 is 2.00 bits per heavy atom. The zero-order chi connectivity index (χ0) is 22.4. The van der Waals surface area contributed by atoms with Crippen LogP contribution in [0.3, 0.4) is 0 Å². The Labute approximate surface area is 180 Å². The summed E-state index contributed by atoms with van der Waals surface area (Å²) in [6.45, 7) is 4.89. The number of ether oxygens (including phenoxy) is 1. The Bertz CT molecular complexity index is 874. The molecule has 1 fully saturated rings. The molecule has 3 rings (SSSR count). The number of carbonyl (C=O) groups excluding carboxylic acids is 1. The molecule has 31 heavy (non-hydrogen) atoms. The maximum atomic E-state index is 12.7. The van der Waals surface area contributed by atoms with Crippen LogP contribution < -0.4 is 15.0 Å². The number of methoxy groups -OCH3 is 1. The minimum absolute atomic E-state index is 0.0658. The number of halogens is 3. The van der Waals surface area contributed by atoms with Crippen molar-refractivity contribution in [3.8, 4) is 5.75 Å². The van der Waals surface area contributed by atoms with Crippen LogP contribution in [0.15, 0.2) is 42.6 Å². The highest BCUT2D eigenvalue weighted by Crippen LogP contribution is 2.29. The summed E-state index contributed by atoms with van der Waals surface area (Å²) in [6, 6.07) is 9.68. The molecular formula is C22H27F3N4O2. The predicted octanol–water partition coefficient (Wildman–Crippen LogP) is 3.33. The number of hydrogen-bond donors (Lipinski definition) is 1. The molecule has 0 radical (unpaired) electrons. The van der Waals surface area contributed by atoms with E-state index in [1.165, 1.54) is 6.07 Å². The third-order valence-corrected chi connectivity index (χ3v) is 5.46. The lowest BCUT2D eigenvalue weighted by molar-refractivity contribution is -0.137. The first-order valence-electron chi connectivity index (χ1n) is 10.2. The molecule has 1 aliphatic heterocycles. The smallest absolute Gasteiger partial charge is 0.417 e. The van der Waals surface area contributed by atoms with Gasteiger partial charge in [0.1, 0.15) is 11.6 Å². The lowest BCUT2D eigenvalue weighted by Crippen LogP contribution is -2.46. The fourth-order valence-corrected chi connectivity index (χ4v) is 3.58. The molecule has 9 heteroatoms. The highest BCUT2D eigenvalue weighted by molar-refractivity contribution is 5.81. The fourth-order valence-electron chi connectivity index (χ4n) is 3.58. The summed E-state index contributed by atoms with van der Waals surface area (Å²) in [5.74, 6) is 1.19. The maximum absolute atomic E-state index is 12.7. The van der Waals surface area contributed by atoms with Crippen LogP contribution >= 0.6 is 0 Å². The lowest BCUT2D eigenvalue weighted by Gasteiger charge is -2.27. The van der Waals surface area contributed by atoms with Crippen LogP contribution in [0.1, 0.15) is 24.5 Å². The zero-order valence-corrected chi connectivity index (χ0v) is 17.7. The number of benzene rings is 1. The van der Waals surface area contributed by atoms with Crippen molar-refractivity contribution in [1.29, 1.82) is 0 Å². The first-order chi connectivity index (χ1) is 14.8. The molecule has 1 saturated heterocycles. The first-order valence-corrected chi connectivity index (χ1v) is 10.2. The first kappa shape index (κ1) is 22.9. The number of anilines is 1. The summed E-state index contributed by atoms with van der Waals surface area (Å²) < 4.78 is 43.4. The number of rotatable bonds is 6. The van der Waals surface area contributed by atoms with E-state index >= 15 is 0 Å². The number of alkyl halides is 3. The van der Waals surface area contributed by atoms with Gasteiger partial charge < -0.3 is 15.0 Å². The van der Waals surface area contributed by atoms with Gasteiger partial charge in [0.2, 0.25) is 5.91 Å². The van der Waals surface area contributed by atoms with E-state index in [4.69, 9.17) is 4.74 Å². The predicted molar refractivity (Wildman–Crippen MR) is 112 cm³/mol. The Morgan fingerprint density at radius 3 is 2.68 bits per heavy atom. The Morgan fingerprint density at radius 1 is 1.19 bits per heavy atom. The molecule has 0 saturated carbocycles. The van der Waals surface area contributed by atoms with Gasteiger partial charge in [0.15, 0.2) is 0 Å². The van der Waals surface area contributed by atoms with Gasteiger partial charge in [0, 0.05) is 38.9 Å². The van der Waals surface area contributed by atoms with Crippen LogP contribution in [0.4, 0.5) is 19.0 Å². The van der Waals surface area contributed by atoms with E-state index in [1.54, 1.807) is 7.11 Å². The molecule has 1 aliphatic rings. The third kappa shape index (κ3) is 6.10. The number of carbonyl (C=O) groups is 1. The van der Waals surface area contributed by atoms with Crippen LogP contribution in [0.5, 0.6) is 5.75 Å². The Hall–Kier alpha value is -2.81. The van der Waals surface area contributed by atoms with Crippen molar-refractivity contribution in [2.75, 3.05) is 38.2 Å². The second-order valence-electron chi connectivity index (χ2n) is 7.52. The van der Waals surface area contributed by atoms with Crippen molar-refractivity contribution >= 4 is 11.7 Å². The van der Waals surface area contributed by atoms with Crippen molar-refractivity contribution in [2.24, 2.45) is 0 Å². The highest BCUT2D eigenvalue weighted by Gasteiger charge is 2.31. The van der Waals surface area contributed by atoms with Gasteiger partial charge in [-0.25, -0.2) is 4.98 Å². The number of nitrogens with one attached hydrogen (secondary N) is 1. The second kappa shape index (κ2) is 10.00. The number of hydrogen-bond acceptors (Lipinski definition) is 5. The Balaban J connectivity index is 1.53. The van der Waals surface area contributed by atoms with Crippen LogP contribution in [0.2, 0.25) is 0 Å². The van der Waals surface area contributed by atoms with E-state index in [9.17, 15) is 18.0 Å². The van der Waals surface area contributed by atoms with E-state index in [2.05, 4.69) is 15.2 Å². The summed E-state index contributed by atoms with van der Waals surface area (Å²) >= 11 is 0. The minimum Gasteiger partial charge on any atom is -0.497 e. The van der Waals surface area contributed by atoms with E-state index in [0.717, 1.165) is 36.5 Å². The molecule has 2 aromatic rings. The highest BCUT2D eigenvalue weighted by atomic mass is 19.4. The summed E-state index contributed by atoms with van der Waals surface area (Å²) in [4.78, 5) is 20.7. The van der Waals surface area contributed by atoms with Gasteiger partial charge in [-0.1, -0.05) is 12.1 Å². The monoisotopic (exact) mass is 436 g/mol. The van der Waals surface area contributed by atoms with Crippen molar-refractivity contribution in [3.05, 3.63) is 53.7 Å². The van der Waals surface area contributed by atoms with Crippen molar-refractivity contribution < 1.29 is 22.7 Å². The topological polar surface area (TPSA) is 57.7 Å². The quantitative estimate of drug-likeness (QED) is 0.753. The van der Waals surface area contributed by atoms with Gasteiger partial charge >= 0.3 is 6.18 Å². The van der Waals surface area contributed by atoms with Crippen molar-refractivity contribution in [2.45, 2.75) is 32.1 Å². The van der Waals surface area contributed by atoms with Gasteiger partial charge in [-0.3, -0.25) is 9.69 Å². The molecule has 2 heterocycles. The molecule has 1 amide bonds. The SMILES string of the molecule is COc1cccc(CNC(=O)C(C)N2CCCN(c3ccc(C(F)(F)F)cn3)CC2)c1. The molecule has 1 aromatic heterocycles. The van der Waals surface area contributed by atoms with Gasteiger partial charge in [0.05, 0.1) is 18.7 Å². The number of nitrogens with zero attached hydrogens (tertiary/aromatic N) is 3. The standard InChI is InChI=1S/C22H27F3N4O2/c1-16(21(30)27-14-17-5-3-6-19(13-17)31-2)28-9-4-10-29(12-11-28)20-8-7-18(15-26-20)22(23,24)25/h3,5-8,13,15-16H,4,9-12,14H2,1-2H3,(H,27,30). The summed E-state index contributed by atoms with van der Waals surface area (Å²) in [5.41, 5.74) is 0.198. The van der Waals surface area contributed by atoms with Crippen molar-refractivity contribution in [1.82, 2.24) is 15.2 Å². The molecule has 6 nitrogen and oxygen atoms in total. The molecular weight excluding hydrogens is 409 g/mol. The maximum Gasteiger partial charge on any atom is 0.417 e. The van der Waals surface area contributed by atoms with Gasteiger partial charge in [-0.15, -0.1) is 0 Å². The molecule has 0 bridgehead atoms. The van der Waals surface area contributed by atoms with Crippen LogP contribution in [0, 0.1) is 0 Å². The summed E-state index contributed by atoms with van der Waals surface area (Å²) in [6.07, 6.45) is -2.74. The summed E-state index contributed by atoms with van der Waals surface area (Å²) in [5, 5.41) is 2.96. The van der Waals surface area contributed by atoms with Gasteiger partial charge in [-0.05, 0) is 43.2 Å². The molecule has 1 aromatic carbocycles. The van der Waals surface area contributed by atoms with E-state index < -0.39 is 11.7 Å². The Kier molecular flexibility index (Phi) is 7.37. The fraction of sp³-hybridized carbons (Fsp3) is 0.455. The minimum atomic E-state index is -4.39. The van der Waals surface area contributed by atoms with E-state index in [0.29, 0.717) is 32.0 Å². The second-order valence-corrected chi connectivity index (χ2v) is 7.52. The van der Waals surface area contributed by atoms with Crippen LogP contribution in [-0.4, -0.2) is 55.1 Å². The number of amides is 1. The molecule has 1 N–H and O–H groups in total. The molecule has 168 valence electrons. The van der Waals surface area contributed by atoms with E-state index in [1.807, 2.05) is 36.1 Å². The van der Waals surface area contributed by atoms with Gasteiger partial charge in [0.25, 0.3) is 0 Å². The zero-order valence-electron chi connectivity index (χ0n) is 17.7. The molecule has 1 atom stereocenters. The largest absolute Gasteiger partial charge is 0.497 e. The average Bonchev–Trinajstić information content (AvgIpc) is 3.03. The van der Waals surface area contributed by atoms with Crippen LogP contribution in [0.25, 0.3) is 0 Å². The normalized spacial score (nSPS) is 16.5. The lowest BCUT2D eigenvalue weighted by atomic mass is 10.2. The summed E-state index contributed by atoms with van der Waals surface area (Å²) in [7, 11) is 1.60. The molecule has 0 aliphatic carbocycles. The number of pyridine rings is 1. The average molecular weight is 436 g/mol. The van der Waals surface area contributed by atoms with E-state index in [-0.39, 0.29) is 11.9 Å². The molecule has 1 unspecified atom stereocenters. The third-order valence-electron chi connectivity index (χ3n) is 5.46. The molecule has 0 spiro atoms. The van der Waals surface area contributed by atoms with Crippen molar-refractivity contribution in [3.63, 3.8) is 0 Å². The van der Waals surface area contributed by atoms with Crippen LogP contribution in [-0.2, 0) is 17.5 Å². The number of aromatic nitrogens is 1.